The molecule has 1 amide bonds. The second-order valence-corrected chi connectivity index (χ2v) is 6.42. The van der Waals surface area contributed by atoms with E-state index in [0.717, 1.165) is 16.9 Å². The largest absolute Gasteiger partial charge is 0.489 e. The summed E-state index contributed by atoms with van der Waals surface area (Å²) in [6, 6.07) is 17.6. The summed E-state index contributed by atoms with van der Waals surface area (Å²) in [6.07, 6.45) is 1.81. The first-order chi connectivity index (χ1) is 10.7. The Morgan fingerprint density at radius 2 is 1.95 bits per heavy atom. The summed E-state index contributed by atoms with van der Waals surface area (Å²) in [5.41, 5.74) is 2.02. The average molecular weight is 327 g/mol. The zero-order valence-electron chi connectivity index (χ0n) is 11.6. The van der Waals surface area contributed by atoms with Crippen LogP contribution in [0.1, 0.15) is 11.1 Å². The third-order valence-corrected chi connectivity index (χ3v) is 4.21. The van der Waals surface area contributed by atoms with Crippen molar-refractivity contribution in [2.24, 2.45) is 0 Å². The summed E-state index contributed by atoms with van der Waals surface area (Å²) in [5, 5.41) is 2.60. The van der Waals surface area contributed by atoms with Gasteiger partial charge in [-0.05, 0) is 29.3 Å². The molecule has 1 N–H and O–H groups in total. The first-order valence-corrected chi connectivity index (χ1v) is 7.95. The molecule has 1 heterocycles. The predicted molar refractivity (Wildman–Crippen MR) is 93.5 cm³/mol. The number of carbonyl (C=O) groups is 1. The van der Waals surface area contributed by atoms with E-state index >= 15 is 0 Å². The van der Waals surface area contributed by atoms with Crippen molar-refractivity contribution in [3.63, 3.8) is 0 Å². The Hall–Kier alpha value is -2.11. The molecule has 1 aliphatic heterocycles. The number of hydrogen-bond donors (Lipinski definition) is 1. The fourth-order valence-corrected chi connectivity index (χ4v) is 3.05. The van der Waals surface area contributed by atoms with Crippen molar-refractivity contribution in [3.8, 4) is 5.75 Å². The predicted octanol–water partition coefficient (Wildman–Crippen LogP) is 3.75. The van der Waals surface area contributed by atoms with Gasteiger partial charge in [0.1, 0.15) is 16.7 Å². The van der Waals surface area contributed by atoms with Crippen molar-refractivity contribution >= 4 is 40.3 Å². The van der Waals surface area contributed by atoms with Gasteiger partial charge in [0, 0.05) is 0 Å². The van der Waals surface area contributed by atoms with Crippen molar-refractivity contribution in [1.82, 2.24) is 5.32 Å². The Kier molecular flexibility index (Phi) is 4.56. The van der Waals surface area contributed by atoms with Crippen LogP contribution >= 0.6 is 24.0 Å². The van der Waals surface area contributed by atoms with Gasteiger partial charge in [0.2, 0.25) is 0 Å². The van der Waals surface area contributed by atoms with Gasteiger partial charge < -0.3 is 10.1 Å². The Labute approximate surface area is 138 Å². The van der Waals surface area contributed by atoms with E-state index in [0.29, 0.717) is 15.8 Å². The lowest BCUT2D eigenvalue weighted by Gasteiger charge is -2.07. The van der Waals surface area contributed by atoms with E-state index in [1.165, 1.54) is 11.8 Å². The van der Waals surface area contributed by atoms with Crippen molar-refractivity contribution in [2.45, 2.75) is 6.61 Å². The highest BCUT2D eigenvalue weighted by Crippen LogP contribution is 2.27. The fourth-order valence-electron chi connectivity index (χ4n) is 2.01. The van der Waals surface area contributed by atoms with E-state index in [1.807, 2.05) is 60.7 Å². The van der Waals surface area contributed by atoms with E-state index < -0.39 is 0 Å². The number of thiocarbonyl (C=S) groups is 1. The summed E-state index contributed by atoms with van der Waals surface area (Å²) in [5.74, 6) is 0.620. The number of ether oxygens (including phenoxy) is 1. The first-order valence-electron chi connectivity index (χ1n) is 6.72. The monoisotopic (exact) mass is 327 g/mol. The molecule has 1 saturated heterocycles. The molecule has 2 aromatic carbocycles. The molecule has 0 radical (unpaired) electrons. The van der Waals surface area contributed by atoms with Crippen LogP contribution in [-0.2, 0) is 11.4 Å². The van der Waals surface area contributed by atoms with Gasteiger partial charge in [-0.25, -0.2) is 0 Å². The van der Waals surface area contributed by atoms with Crippen LogP contribution in [0.25, 0.3) is 6.08 Å². The van der Waals surface area contributed by atoms with Crippen molar-refractivity contribution in [1.29, 1.82) is 0 Å². The number of thioether (sulfide) groups is 1. The Morgan fingerprint density at radius 3 is 2.68 bits per heavy atom. The van der Waals surface area contributed by atoms with E-state index in [4.69, 9.17) is 17.0 Å². The molecule has 0 atom stereocenters. The molecular formula is C17H13NO2S2. The highest BCUT2D eigenvalue weighted by atomic mass is 32.2. The number of amides is 1. The quantitative estimate of drug-likeness (QED) is 0.685. The molecule has 22 heavy (non-hydrogen) atoms. The number of carbonyl (C=O) groups excluding carboxylic acids is 1. The molecule has 2 aromatic rings. The van der Waals surface area contributed by atoms with Crippen LogP contribution in [0.15, 0.2) is 59.5 Å². The summed E-state index contributed by atoms with van der Waals surface area (Å²) >= 11 is 6.25. The van der Waals surface area contributed by atoms with Crippen LogP contribution in [0.3, 0.4) is 0 Å². The highest BCUT2D eigenvalue weighted by molar-refractivity contribution is 8.26. The lowest BCUT2D eigenvalue weighted by atomic mass is 10.2. The molecule has 1 aliphatic rings. The minimum absolute atomic E-state index is 0.148. The van der Waals surface area contributed by atoms with Gasteiger partial charge in [-0.15, -0.1) is 0 Å². The molecule has 3 nitrogen and oxygen atoms in total. The SMILES string of the molecule is O=C1NC(=S)SC1=Cc1cccc(OCc2ccccc2)c1. The average Bonchev–Trinajstić information content (AvgIpc) is 2.84. The van der Waals surface area contributed by atoms with Gasteiger partial charge in [0.15, 0.2) is 0 Å². The van der Waals surface area contributed by atoms with Crippen LogP contribution in [0.5, 0.6) is 5.75 Å². The number of nitrogens with one attached hydrogen (secondary N) is 1. The van der Waals surface area contributed by atoms with Crippen molar-refractivity contribution in [2.75, 3.05) is 0 Å². The molecule has 5 heteroatoms. The summed E-state index contributed by atoms with van der Waals surface area (Å²) < 4.78 is 6.28. The number of rotatable bonds is 4. The third kappa shape index (κ3) is 3.75. The first kappa shape index (κ1) is 14.8. The molecule has 0 spiro atoms. The Morgan fingerprint density at radius 1 is 1.14 bits per heavy atom. The lowest BCUT2D eigenvalue weighted by molar-refractivity contribution is -0.115. The molecule has 0 unspecified atom stereocenters. The van der Waals surface area contributed by atoms with Crippen LogP contribution in [-0.4, -0.2) is 10.2 Å². The van der Waals surface area contributed by atoms with Crippen LogP contribution in [0.4, 0.5) is 0 Å². The van der Waals surface area contributed by atoms with Crippen LogP contribution in [0, 0.1) is 0 Å². The molecule has 0 aromatic heterocycles. The minimum atomic E-state index is -0.148. The zero-order valence-corrected chi connectivity index (χ0v) is 13.2. The molecule has 3 rings (SSSR count). The van der Waals surface area contributed by atoms with Gasteiger partial charge in [0.05, 0.1) is 4.91 Å². The maximum Gasteiger partial charge on any atom is 0.263 e. The highest BCUT2D eigenvalue weighted by Gasteiger charge is 2.21. The van der Waals surface area contributed by atoms with Crippen LogP contribution < -0.4 is 10.1 Å². The smallest absolute Gasteiger partial charge is 0.263 e. The number of benzene rings is 2. The Bertz CT molecular complexity index is 741. The summed E-state index contributed by atoms with van der Waals surface area (Å²) in [4.78, 5) is 12.3. The zero-order chi connectivity index (χ0) is 15.4. The van der Waals surface area contributed by atoms with E-state index in [1.54, 1.807) is 0 Å². The summed E-state index contributed by atoms with van der Waals surface area (Å²) in [6.45, 7) is 0.514. The summed E-state index contributed by atoms with van der Waals surface area (Å²) in [7, 11) is 0. The van der Waals surface area contributed by atoms with Crippen molar-refractivity contribution < 1.29 is 9.53 Å². The molecule has 110 valence electrons. The molecule has 0 saturated carbocycles. The van der Waals surface area contributed by atoms with Gasteiger partial charge in [-0.1, -0.05) is 66.4 Å². The topological polar surface area (TPSA) is 38.3 Å². The van der Waals surface area contributed by atoms with Crippen LogP contribution in [0.2, 0.25) is 0 Å². The van der Waals surface area contributed by atoms with Gasteiger partial charge in [-0.2, -0.15) is 0 Å². The second kappa shape index (κ2) is 6.77. The van der Waals surface area contributed by atoms with Gasteiger partial charge in [-0.3, -0.25) is 4.79 Å². The fraction of sp³-hybridized carbons (Fsp3) is 0.0588. The second-order valence-electron chi connectivity index (χ2n) is 4.70. The normalized spacial score (nSPS) is 15.9. The minimum Gasteiger partial charge on any atom is -0.489 e. The van der Waals surface area contributed by atoms with E-state index in [2.05, 4.69) is 5.32 Å². The molecule has 0 bridgehead atoms. The Balaban J connectivity index is 1.71. The van der Waals surface area contributed by atoms with Crippen molar-refractivity contribution in [3.05, 3.63) is 70.6 Å². The molecular weight excluding hydrogens is 314 g/mol. The third-order valence-electron chi connectivity index (χ3n) is 3.05. The standard InChI is InChI=1S/C17H13NO2S2/c19-16-15(22-17(21)18-16)10-13-7-4-8-14(9-13)20-11-12-5-2-1-3-6-12/h1-10H,11H2,(H,18,19,21). The van der Waals surface area contributed by atoms with E-state index in [-0.39, 0.29) is 5.91 Å². The lowest BCUT2D eigenvalue weighted by Crippen LogP contribution is -2.17. The van der Waals surface area contributed by atoms with E-state index in [9.17, 15) is 4.79 Å². The number of hydrogen-bond acceptors (Lipinski definition) is 4. The molecule has 0 aliphatic carbocycles. The maximum atomic E-state index is 11.7. The molecule has 1 fully saturated rings. The maximum absolute atomic E-state index is 11.7. The van der Waals surface area contributed by atoms with Gasteiger partial charge >= 0.3 is 0 Å². The van der Waals surface area contributed by atoms with Gasteiger partial charge in [0.25, 0.3) is 5.91 Å².